The van der Waals surface area contributed by atoms with Gasteiger partial charge in [-0.2, -0.15) is 4.68 Å². The van der Waals surface area contributed by atoms with Gasteiger partial charge in [0.15, 0.2) is 5.82 Å². The molecular formula is C9H10N6. The number of hydrogen-bond donors (Lipinski definition) is 1. The van der Waals surface area contributed by atoms with Gasteiger partial charge in [-0.1, -0.05) is 6.07 Å². The summed E-state index contributed by atoms with van der Waals surface area (Å²) in [5.74, 6) is 0.829. The topological polar surface area (TPSA) is 72.9 Å². The quantitative estimate of drug-likeness (QED) is 0.617. The highest BCUT2D eigenvalue weighted by atomic mass is 15.6. The summed E-state index contributed by atoms with van der Waals surface area (Å²) in [6.45, 7) is 0.675. The molecule has 2 N–H and O–H groups in total. The first kappa shape index (κ1) is 8.22. The van der Waals surface area contributed by atoms with Crippen molar-refractivity contribution in [3.63, 3.8) is 0 Å². The number of aromatic nitrogens is 4. The van der Waals surface area contributed by atoms with Crippen LogP contribution in [0.2, 0.25) is 0 Å². The number of benzene rings is 1. The Morgan fingerprint density at radius 3 is 3.13 bits per heavy atom. The maximum Gasteiger partial charge on any atom is 0.175 e. The van der Waals surface area contributed by atoms with Crippen LogP contribution in [0.25, 0.3) is 5.69 Å². The summed E-state index contributed by atoms with van der Waals surface area (Å²) >= 11 is 0. The van der Waals surface area contributed by atoms with Crippen LogP contribution >= 0.6 is 0 Å². The minimum Gasteiger partial charge on any atom is -0.397 e. The van der Waals surface area contributed by atoms with E-state index in [0.717, 1.165) is 22.9 Å². The normalized spacial score (nSPS) is 13.5. The molecule has 0 aliphatic carbocycles. The zero-order chi connectivity index (χ0) is 10.4. The van der Waals surface area contributed by atoms with Crippen molar-refractivity contribution in [2.75, 3.05) is 17.7 Å². The standard InChI is InChI=1S/C9H10N6/c1-14-5-8-11-12-13-15(8)7-4-2-3-6(10)9(7)14/h2-4H,5,10H2,1H3. The summed E-state index contributed by atoms with van der Waals surface area (Å²) in [6.07, 6.45) is 0. The number of nitrogens with two attached hydrogens (primary N) is 1. The fourth-order valence-electron chi connectivity index (χ4n) is 1.92. The Morgan fingerprint density at radius 1 is 1.40 bits per heavy atom. The second-order valence-electron chi connectivity index (χ2n) is 3.58. The van der Waals surface area contributed by atoms with E-state index in [1.165, 1.54) is 0 Å². The Morgan fingerprint density at radius 2 is 2.27 bits per heavy atom. The van der Waals surface area contributed by atoms with Crippen LogP contribution in [0.3, 0.4) is 0 Å². The number of nitrogen functional groups attached to an aromatic ring is 1. The Hall–Kier alpha value is -2.11. The van der Waals surface area contributed by atoms with Crippen molar-refractivity contribution in [1.82, 2.24) is 20.2 Å². The molecule has 0 amide bonds. The highest BCUT2D eigenvalue weighted by Gasteiger charge is 2.23. The lowest BCUT2D eigenvalue weighted by Gasteiger charge is -2.27. The molecule has 6 heteroatoms. The number of nitrogens with zero attached hydrogens (tertiary/aromatic N) is 5. The molecule has 2 aromatic rings. The number of fused-ring (bicyclic) bond motifs is 3. The van der Waals surface area contributed by atoms with Gasteiger partial charge in [0.2, 0.25) is 0 Å². The maximum absolute atomic E-state index is 5.93. The van der Waals surface area contributed by atoms with Crippen molar-refractivity contribution in [2.24, 2.45) is 0 Å². The average molecular weight is 202 g/mol. The predicted molar refractivity (Wildman–Crippen MR) is 55.7 cm³/mol. The van der Waals surface area contributed by atoms with Crippen molar-refractivity contribution in [3.05, 3.63) is 24.0 Å². The van der Waals surface area contributed by atoms with Gasteiger partial charge in [-0.05, 0) is 22.6 Å². The molecule has 0 fully saturated rings. The van der Waals surface area contributed by atoms with E-state index in [1.807, 2.05) is 25.2 Å². The van der Waals surface area contributed by atoms with Crippen molar-refractivity contribution in [2.45, 2.75) is 6.54 Å². The Labute approximate surface area is 86.3 Å². The van der Waals surface area contributed by atoms with Gasteiger partial charge in [0.25, 0.3) is 0 Å². The minimum atomic E-state index is 0.675. The first-order valence-corrected chi connectivity index (χ1v) is 4.64. The van der Waals surface area contributed by atoms with Gasteiger partial charge in [-0.3, -0.25) is 0 Å². The van der Waals surface area contributed by atoms with Crippen LogP contribution in [0.1, 0.15) is 5.82 Å². The fourth-order valence-corrected chi connectivity index (χ4v) is 1.92. The molecule has 0 bridgehead atoms. The lowest BCUT2D eigenvalue weighted by atomic mass is 10.2. The lowest BCUT2D eigenvalue weighted by Crippen LogP contribution is -2.27. The minimum absolute atomic E-state index is 0.675. The molecule has 0 unspecified atom stereocenters. The highest BCUT2D eigenvalue weighted by molar-refractivity contribution is 5.78. The molecule has 76 valence electrons. The first-order chi connectivity index (χ1) is 7.27. The second-order valence-corrected chi connectivity index (χ2v) is 3.58. The lowest BCUT2D eigenvalue weighted by molar-refractivity contribution is 0.716. The Bertz CT molecular complexity index is 517. The Balaban J connectivity index is 2.33. The zero-order valence-electron chi connectivity index (χ0n) is 8.25. The SMILES string of the molecule is CN1Cc2nnnn2-c2cccc(N)c21. The van der Waals surface area contributed by atoms with Crippen molar-refractivity contribution >= 4 is 11.4 Å². The van der Waals surface area contributed by atoms with Crippen LogP contribution in [0.4, 0.5) is 11.4 Å². The molecule has 1 aliphatic heterocycles. The van der Waals surface area contributed by atoms with Crippen molar-refractivity contribution in [3.8, 4) is 5.69 Å². The molecule has 1 aromatic carbocycles. The van der Waals surface area contributed by atoms with Crippen LogP contribution in [-0.2, 0) is 6.54 Å². The molecule has 3 rings (SSSR count). The van der Waals surface area contributed by atoms with Crippen LogP contribution in [0.5, 0.6) is 0 Å². The van der Waals surface area contributed by atoms with Crippen LogP contribution in [0, 0.1) is 0 Å². The van der Waals surface area contributed by atoms with Crippen LogP contribution in [0.15, 0.2) is 18.2 Å². The van der Waals surface area contributed by atoms with E-state index in [9.17, 15) is 0 Å². The predicted octanol–water partition coefficient (Wildman–Crippen LogP) is 0.194. The van der Waals surface area contributed by atoms with Gasteiger partial charge in [0.1, 0.15) is 0 Å². The van der Waals surface area contributed by atoms with Crippen LogP contribution < -0.4 is 10.6 Å². The molecule has 0 atom stereocenters. The van der Waals surface area contributed by atoms with Gasteiger partial charge in [0.05, 0.1) is 23.6 Å². The Kier molecular flexibility index (Phi) is 1.47. The summed E-state index contributed by atoms with van der Waals surface area (Å²) in [4.78, 5) is 2.05. The third-order valence-corrected chi connectivity index (χ3v) is 2.57. The fraction of sp³-hybridized carbons (Fsp3) is 0.222. The zero-order valence-corrected chi connectivity index (χ0v) is 8.25. The number of para-hydroxylation sites is 1. The molecule has 15 heavy (non-hydrogen) atoms. The monoisotopic (exact) mass is 202 g/mol. The van der Waals surface area contributed by atoms with Gasteiger partial charge in [0, 0.05) is 7.05 Å². The molecule has 2 heterocycles. The van der Waals surface area contributed by atoms with E-state index in [0.29, 0.717) is 6.54 Å². The summed E-state index contributed by atoms with van der Waals surface area (Å²) in [6, 6.07) is 5.74. The second kappa shape index (κ2) is 2.69. The van der Waals surface area contributed by atoms with Gasteiger partial charge < -0.3 is 10.6 Å². The van der Waals surface area contributed by atoms with Gasteiger partial charge in [-0.15, -0.1) is 5.10 Å². The molecule has 0 saturated heterocycles. The van der Waals surface area contributed by atoms with E-state index in [1.54, 1.807) is 4.68 Å². The summed E-state index contributed by atoms with van der Waals surface area (Å²) in [7, 11) is 1.98. The van der Waals surface area contributed by atoms with Crippen molar-refractivity contribution < 1.29 is 0 Å². The number of anilines is 2. The maximum atomic E-state index is 5.93. The molecule has 0 saturated carbocycles. The van der Waals surface area contributed by atoms with Crippen molar-refractivity contribution in [1.29, 1.82) is 0 Å². The molecule has 1 aliphatic rings. The van der Waals surface area contributed by atoms with E-state index in [-0.39, 0.29) is 0 Å². The third kappa shape index (κ3) is 1.01. The van der Waals surface area contributed by atoms with Crippen LogP contribution in [-0.4, -0.2) is 27.3 Å². The molecule has 0 spiro atoms. The highest BCUT2D eigenvalue weighted by Crippen LogP contribution is 2.33. The smallest absolute Gasteiger partial charge is 0.175 e. The van der Waals surface area contributed by atoms with E-state index in [2.05, 4.69) is 20.4 Å². The van der Waals surface area contributed by atoms with E-state index in [4.69, 9.17) is 5.73 Å². The summed E-state index contributed by atoms with van der Waals surface area (Å²) in [5.41, 5.74) is 8.60. The number of rotatable bonds is 0. The molecule has 6 nitrogen and oxygen atoms in total. The summed E-state index contributed by atoms with van der Waals surface area (Å²) < 4.78 is 1.73. The first-order valence-electron chi connectivity index (χ1n) is 4.64. The largest absolute Gasteiger partial charge is 0.397 e. The number of tetrazole rings is 1. The van der Waals surface area contributed by atoms with Gasteiger partial charge in [-0.25, -0.2) is 0 Å². The number of hydrogen-bond acceptors (Lipinski definition) is 5. The van der Waals surface area contributed by atoms with E-state index < -0.39 is 0 Å². The van der Waals surface area contributed by atoms with E-state index >= 15 is 0 Å². The third-order valence-electron chi connectivity index (χ3n) is 2.57. The average Bonchev–Trinajstić information content (AvgIpc) is 2.65. The molecule has 0 radical (unpaired) electrons. The summed E-state index contributed by atoms with van der Waals surface area (Å²) in [5, 5.41) is 11.6. The molecular weight excluding hydrogens is 192 g/mol. The van der Waals surface area contributed by atoms with Gasteiger partial charge >= 0.3 is 0 Å². The molecule has 1 aromatic heterocycles.